The van der Waals surface area contributed by atoms with Crippen molar-refractivity contribution in [3.63, 3.8) is 0 Å². The van der Waals surface area contributed by atoms with Crippen LogP contribution in [0, 0.1) is 0 Å². The Morgan fingerprint density at radius 1 is 1.39 bits per heavy atom. The van der Waals surface area contributed by atoms with Gasteiger partial charge in [0.05, 0.1) is 6.26 Å². The molecule has 1 fully saturated rings. The molecule has 1 aliphatic heterocycles. The van der Waals surface area contributed by atoms with Crippen molar-refractivity contribution in [2.75, 3.05) is 19.3 Å². The van der Waals surface area contributed by atoms with Gasteiger partial charge in [-0.25, -0.2) is 13.1 Å². The van der Waals surface area contributed by atoms with Gasteiger partial charge >= 0.3 is 0 Å². The molecule has 3 N–H and O–H groups in total. The lowest BCUT2D eigenvalue weighted by atomic mass is 9.92. The summed E-state index contributed by atoms with van der Waals surface area (Å²) in [5, 5.41) is 0. The van der Waals surface area contributed by atoms with Crippen LogP contribution in [0.5, 0.6) is 0 Å². The van der Waals surface area contributed by atoms with Crippen molar-refractivity contribution < 1.29 is 13.2 Å². The van der Waals surface area contributed by atoms with Crippen LogP contribution in [0.3, 0.4) is 0 Å². The molecule has 0 saturated carbocycles. The van der Waals surface area contributed by atoms with Gasteiger partial charge in [-0.2, -0.15) is 0 Å². The molecule has 9 heteroatoms. The molecule has 0 spiro atoms. The molecule has 2 unspecified atom stereocenters. The Morgan fingerprint density at radius 2 is 1.96 bits per heavy atom. The van der Waals surface area contributed by atoms with Crippen molar-refractivity contribution in [2.45, 2.75) is 24.9 Å². The highest BCUT2D eigenvalue weighted by Gasteiger charge is 2.38. The number of halogens is 2. The van der Waals surface area contributed by atoms with Crippen LogP contribution in [0.2, 0.25) is 0 Å². The van der Waals surface area contributed by atoms with Gasteiger partial charge in [-0.15, -0.1) is 12.4 Å². The molecule has 23 heavy (non-hydrogen) atoms. The van der Waals surface area contributed by atoms with E-state index >= 15 is 0 Å². The van der Waals surface area contributed by atoms with Crippen molar-refractivity contribution in [3.05, 3.63) is 34.3 Å². The number of likely N-dealkylation sites (tertiary alicyclic amines) is 1. The number of nitrogens with zero attached hydrogens (tertiary/aromatic N) is 1. The molecule has 1 aromatic rings. The second kappa shape index (κ2) is 7.48. The Labute approximate surface area is 151 Å². The summed E-state index contributed by atoms with van der Waals surface area (Å²) >= 11 is 3.35. The zero-order chi connectivity index (χ0) is 16.5. The van der Waals surface area contributed by atoms with Crippen LogP contribution >= 0.6 is 28.3 Å². The molecule has 2 rings (SSSR count). The van der Waals surface area contributed by atoms with Crippen LogP contribution in [0.1, 0.15) is 18.9 Å². The number of rotatable bonds is 4. The van der Waals surface area contributed by atoms with E-state index in [-0.39, 0.29) is 24.4 Å². The van der Waals surface area contributed by atoms with Gasteiger partial charge in [0.25, 0.3) is 0 Å². The molecule has 1 amide bonds. The second-order valence-corrected chi connectivity index (χ2v) is 8.53. The van der Waals surface area contributed by atoms with Crippen LogP contribution in [0.25, 0.3) is 0 Å². The van der Waals surface area contributed by atoms with Gasteiger partial charge in [0, 0.05) is 23.6 Å². The van der Waals surface area contributed by atoms with E-state index in [9.17, 15) is 13.2 Å². The second-order valence-electron chi connectivity index (χ2n) is 5.84. The summed E-state index contributed by atoms with van der Waals surface area (Å²) in [6.45, 7) is 2.51. The molecule has 1 aromatic carbocycles. The van der Waals surface area contributed by atoms with Crippen molar-refractivity contribution in [3.8, 4) is 0 Å². The minimum atomic E-state index is -3.27. The number of hydrogen-bond acceptors (Lipinski definition) is 4. The highest BCUT2D eigenvalue weighted by atomic mass is 79.9. The van der Waals surface area contributed by atoms with Crippen LogP contribution in [0.4, 0.5) is 0 Å². The standard InChI is InChI=1S/C14H20BrN3O3S.ClH/c1-14(16,10-3-5-11(15)6-4-10)13(19)18-8-7-12(9-18)17-22(2,20)21;/h3-6,12,17H,7-9,16H2,1-2H3;1H. The summed E-state index contributed by atoms with van der Waals surface area (Å²) in [5.41, 5.74) is 5.82. The molecule has 0 aromatic heterocycles. The van der Waals surface area contributed by atoms with E-state index in [0.29, 0.717) is 19.5 Å². The number of carbonyl (C=O) groups is 1. The fourth-order valence-corrected chi connectivity index (χ4v) is 3.65. The molecular formula is C14H21BrClN3O3S. The number of hydrogen-bond donors (Lipinski definition) is 2. The summed E-state index contributed by atoms with van der Waals surface area (Å²) in [5.74, 6) is -0.201. The normalized spacial score (nSPS) is 20.7. The number of carbonyl (C=O) groups excluding carboxylic acids is 1. The first-order chi connectivity index (χ1) is 10.1. The largest absolute Gasteiger partial charge is 0.339 e. The van der Waals surface area contributed by atoms with Gasteiger partial charge in [0.1, 0.15) is 5.54 Å². The summed E-state index contributed by atoms with van der Waals surface area (Å²) in [6.07, 6.45) is 1.71. The fourth-order valence-electron chi connectivity index (χ4n) is 2.59. The van der Waals surface area contributed by atoms with E-state index in [1.54, 1.807) is 11.8 Å². The lowest BCUT2D eigenvalue weighted by Crippen LogP contribution is -2.51. The van der Waals surface area contributed by atoms with Crippen molar-refractivity contribution in [1.82, 2.24) is 9.62 Å². The Kier molecular flexibility index (Phi) is 6.63. The maximum atomic E-state index is 12.7. The summed E-state index contributed by atoms with van der Waals surface area (Å²) in [4.78, 5) is 14.3. The molecule has 0 bridgehead atoms. The van der Waals surface area contributed by atoms with E-state index < -0.39 is 15.6 Å². The molecule has 2 atom stereocenters. The number of nitrogens with one attached hydrogen (secondary N) is 1. The molecule has 1 aliphatic rings. The Balaban J connectivity index is 0.00000264. The lowest BCUT2D eigenvalue weighted by molar-refractivity contribution is -0.135. The molecular weight excluding hydrogens is 406 g/mol. The van der Waals surface area contributed by atoms with Crippen LogP contribution in [-0.2, 0) is 20.4 Å². The Morgan fingerprint density at radius 3 is 2.48 bits per heavy atom. The average Bonchev–Trinajstić information content (AvgIpc) is 2.84. The molecule has 130 valence electrons. The number of sulfonamides is 1. The molecule has 6 nitrogen and oxygen atoms in total. The van der Waals surface area contributed by atoms with Gasteiger partial charge in [0.15, 0.2) is 0 Å². The number of amides is 1. The Hall–Kier alpha value is -0.670. The third-order valence-corrected chi connectivity index (χ3v) is 5.03. The quantitative estimate of drug-likeness (QED) is 0.756. The minimum Gasteiger partial charge on any atom is -0.339 e. The topological polar surface area (TPSA) is 92.5 Å². The number of nitrogens with two attached hydrogens (primary N) is 1. The van der Waals surface area contributed by atoms with Gasteiger partial charge in [-0.1, -0.05) is 28.1 Å². The summed E-state index contributed by atoms with van der Waals surface area (Å²) in [6, 6.07) is 7.05. The van der Waals surface area contributed by atoms with Crippen LogP contribution < -0.4 is 10.5 Å². The van der Waals surface area contributed by atoms with Gasteiger partial charge in [0.2, 0.25) is 15.9 Å². The average molecular weight is 427 g/mol. The smallest absolute Gasteiger partial charge is 0.247 e. The first kappa shape index (κ1) is 20.4. The Bertz CT molecular complexity index is 664. The van der Waals surface area contributed by atoms with E-state index in [0.717, 1.165) is 16.3 Å². The van der Waals surface area contributed by atoms with Crippen LogP contribution in [0.15, 0.2) is 28.7 Å². The SMILES string of the molecule is CC(N)(C(=O)N1CCC(NS(C)(=O)=O)C1)c1ccc(Br)cc1.Cl. The highest BCUT2D eigenvalue weighted by Crippen LogP contribution is 2.24. The minimum absolute atomic E-state index is 0. The third kappa shape index (κ3) is 5.15. The number of benzene rings is 1. The predicted molar refractivity (Wildman–Crippen MR) is 95.9 cm³/mol. The lowest BCUT2D eigenvalue weighted by Gasteiger charge is -2.29. The maximum absolute atomic E-state index is 12.7. The van der Waals surface area contributed by atoms with Crippen molar-refractivity contribution in [2.24, 2.45) is 5.73 Å². The zero-order valence-electron chi connectivity index (χ0n) is 13.0. The van der Waals surface area contributed by atoms with E-state index in [1.165, 1.54) is 0 Å². The zero-order valence-corrected chi connectivity index (χ0v) is 16.2. The van der Waals surface area contributed by atoms with Crippen molar-refractivity contribution in [1.29, 1.82) is 0 Å². The molecule has 1 saturated heterocycles. The summed E-state index contributed by atoms with van der Waals surface area (Å²) in [7, 11) is -3.27. The van der Waals surface area contributed by atoms with Crippen molar-refractivity contribution >= 4 is 44.3 Å². The monoisotopic (exact) mass is 425 g/mol. The molecule has 1 heterocycles. The molecule has 0 aliphatic carbocycles. The summed E-state index contributed by atoms with van der Waals surface area (Å²) < 4.78 is 26.0. The first-order valence-electron chi connectivity index (χ1n) is 6.91. The van der Waals surface area contributed by atoms with Crippen LogP contribution in [-0.4, -0.2) is 44.6 Å². The first-order valence-corrected chi connectivity index (χ1v) is 9.59. The van der Waals surface area contributed by atoms with Gasteiger partial charge < -0.3 is 10.6 Å². The molecule has 0 radical (unpaired) electrons. The van der Waals surface area contributed by atoms with E-state index in [2.05, 4.69) is 20.7 Å². The van der Waals surface area contributed by atoms with E-state index in [4.69, 9.17) is 5.73 Å². The third-order valence-electron chi connectivity index (χ3n) is 3.74. The van der Waals surface area contributed by atoms with Gasteiger partial charge in [-0.05, 0) is 31.0 Å². The van der Waals surface area contributed by atoms with E-state index in [1.807, 2.05) is 24.3 Å². The predicted octanol–water partition coefficient (Wildman–Crippen LogP) is 1.19. The fraction of sp³-hybridized carbons (Fsp3) is 0.500. The van der Waals surface area contributed by atoms with Gasteiger partial charge in [-0.3, -0.25) is 4.79 Å². The highest BCUT2D eigenvalue weighted by molar-refractivity contribution is 9.10. The maximum Gasteiger partial charge on any atom is 0.247 e.